The number of rotatable bonds is 10. The van der Waals surface area contributed by atoms with Crippen molar-refractivity contribution >= 4 is 34.6 Å². The predicted octanol–water partition coefficient (Wildman–Crippen LogP) is 5.00. The largest absolute Gasteiger partial charge is 0.487 e. The molecule has 220 valence electrons. The summed E-state index contributed by atoms with van der Waals surface area (Å²) in [5, 5.41) is 26.5. The Bertz CT molecular complexity index is 1790. The average Bonchev–Trinajstić information content (AvgIpc) is 3.49. The van der Waals surface area contributed by atoms with E-state index in [2.05, 4.69) is 26.4 Å². The maximum absolute atomic E-state index is 13.5. The van der Waals surface area contributed by atoms with E-state index < -0.39 is 11.1 Å². The van der Waals surface area contributed by atoms with Gasteiger partial charge in [0.25, 0.3) is 11.6 Å². The molecule has 1 aliphatic rings. The highest BCUT2D eigenvalue weighted by Crippen LogP contribution is 2.34. The molecule has 0 spiro atoms. The number of hydrogen-bond donors (Lipinski definition) is 3. The van der Waals surface area contributed by atoms with Gasteiger partial charge in [0.15, 0.2) is 0 Å². The zero-order valence-electron chi connectivity index (χ0n) is 23.2. The fourth-order valence-corrected chi connectivity index (χ4v) is 4.65. The highest BCUT2D eigenvalue weighted by Gasteiger charge is 2.33. The molecule has 2 amide bonds. The maximum Gasteiger partial charge on any atom is 0.276 e. The Morgan fingerprint density at radius 3 is 2.41 bits per heavy atom. The number of nitrogens with one attached hydrogen (secondary N) is 3. The van der Waals surface area contributed by atoms with E-state index in [1.807, 2.05) is 72.8 Å². The number of non-ortho nitro benzene ring substituents is 1. The van der Waals surface area contributed by atoms with E-state index in [4.69, 9.17) is 4.74 Å². The third kappa shape index (κ3) is 6.31. The van der Waals surface area contributed by atoms with Gasteiger partial charge in [-0.2, -0.15) is 0 Å². The third-order valence-corrected chi connectivity index (χ3v) is 6.79. The van der Waals surface area contributed by atoms with Gasteiger partial charge in [-0.3, -0.25) is 25.1 Å². The number of ether oxygens (including phenoxy) is 1. The molecule has 13 nitrogen and oxygen atoms in total. The van der Waals surface area contributed by atoms with Gasteiger partial charge < -0.3 is 15.4 Å². The Kier molecular flexibility index (Phi) is 7.82. The van der Waals surface area contributed by atoms with Crippen molar-refractivity contribution in [1.29, 1.82) is 0 Å². The first-order chi connectivity index (χ1) is 21.4. The molecule has 3 N–H and O–H groups in total. The van der Waals surface area contributed by atoms with Gasteiger partial charge in [-0.1, -0.05) is 47.7 Å². The molecule has 0 saturated heterocycles. The number of amides is 2. The van der Waals surface area contributed by atoms with Crippen LogP contribution < -0.4 is 20.8 Å². The average molecular weight is 591 g/mol. The number of anilines is 3. The van der Waals surface area contributed by atoms with Crippen LogP contribution in [0, 0.1) is 10.1 Å². The quantitative estimate of drug-likeness (QED) is 0.150. The molecule has 44 heavy (non-hydrogen) atoms. The number of fused-ring (bicyclic) bond motifs is 1. The fourth-order valence-electron chi connectivity index (χ4n) is 4.65. The van der Waals surface area contributed by atoms with Crippen molar-refractivity contribution < 1.29 is 19.2 Å². The minimum Gasteiger partial charge on any atom is -0.487 e. The first-order valence-corrected chi connectivity index (χ1v) is 13.6. The van der Waals surface area contributed by atoms with Crippen molar-refractivity contribution in [2.75, 3.05) is 16.1 Å². The number of nitro benzene ring substituents is 1. The Morgan fingerprint density at radius 2 is 1.66 bits per heavy atom. The molecule has 1 unspecified atom stereocenters. The van der Waals surface area contributed by atoms with E-state index in [9.17, 15) is 19.7 Å². The van der Waals surface area contributed by atoms with Crippen LogP contribution in [-0.2, 0) is 17.9 Å². The summed E-state index contributed by atoms with van der Waals surface area (Å²) in [5.74, 6) is 0.0717. The summed E-state index contributed by atoms with van der Waals surface area (Å²) in [5.41, 5.74) is 7.07. The maximum atomic E-state index is 13.5. The molecule has 6 rings (SSSR count). The molecule has 2 heterocycles. The molecule has 0 radical (unpaired) electrons. The number of benzene rings is 4. The first kappa shape index (κ1) is 27.9. The summed E-state index contributed by atoms with van der Waals surface area (Å²) >= 11 is 0. The van der Waals surface area contributed by atoms with E-state index in [-0.39, 0.29) is 30.7 Å². The number of carbonyl (C=O) groups excluding carboxylic acids is 2. The minimum atomic E-state index is -0.508. The van der Waals surface area contributed by atoms with Crippen molar-refractivity contribution in [3.63, 3.8) is 0 Å². The highest BCUT2D eigenvalue weighted by atomic mass is 16.6. The van der Waals surface area contributed by atoms with Gasteiger partial charge in [0, 0.05) is 23.5 Å². The fraction of sp³-hybridized carbons (Fsp3) is 0.0968. The second-order valence-electron chi connectivity index (χ2n) is 9.86. The van der Waals surface area contributed by atoms with Crippen molar-refractivity contribution in [3.8, 4) is 5.75 Å². The van der Waals surface area contributed by atoms with Crippen LogP contribution in [0.4, 0.5) is 22.7 Å². The Morgan fingerprint density at radius 1 is 0.932 bits per heavy atom. The predicted molar refractivity (Wildman–Crippen MR) is 162 cm³/mol. The zero-order chi connectivity index (χ0) is 30.5. The third-order valence-electron chi connectivity index (χ3n) is 6.79. The lowest BCUT2D eigenvalue weighted by Gasteiger charge is -2.38. The van der Waals surface area contributed by atoms with E-state index >= 15 is 0 Å². The lowest BCUT2D eigenvalue weighted by Crippen LogP contribution is -2.46. The smallest absolute Gasteiger partial charge is 0.276 e. The molecule has 0 aliphatic carbocycles. The number of para-hydroxylation sites is 2. The first-order valence-electron chi connectivity index (χ1n) is 13.6. The van der Waals surface area contributed by atoms with Crippen molar-refractivity contribution in [3.05, 3.63) is 136 Å². The molecule has 4 aromatic carbocycles. The standard InChI is InChI=1S/C31H26N8O5/c40-29(32-22-12-14-25(15-13-22)39(42)43)19-37-18-24(34-36-37)20-44-26-16-10-21(11-17-26)30-33-28-9-5-4-8-27(28)31(41)38(30)35-23-6-2-1-3-7-23/h1-18,30,33,35H,19-20H2,(H,32,40). The molecular formula is C31H26N8O5. The Balaban J connectivity index is 1.07. The zero-order valence-corrected chi connectivity index (χ0v) is 23.2. The lowest BCUT2D eigenvalue weighted by atomic mass is 10.0. The van der Waals surface area contributed by atoms with E-state index in [0.717, 1.165) is 16.9 Å². The van der Waals surface area contributed by atoms with Crippen LogP contribution in [0.15, 0.2) is 109 Å². The van der Waals surface area contributed by atoms with Gasteiger partial charge in [0.1, 0.15) is 30.8 Å². The van der Waals surface area contributed by atoms with E-state index in [1.54, 1.807) is 17.3 Å². The number of hydrazine groups is 1. The SMILES string of the molecule is O=C(Cn1cc(COc2ccc(C3Nc4ccccc4C(=O)N3Nc3ccccc3)cc2)nn1)Nc1ccc([N+](=O)[O-])cc1. The van der Waals surface area contributed by atoms with Crippen LogP contribution in [0.25, 0.3) is 0 Å². The summed E-state index contributed by atoms with van der Waals surface area (Å²) in [6, 6.07) is 29.8. The normalized spacial score (nSPS) is 13.9. The number of aromatic nitrogens is 3. The number of nitrogens with zero attached hydrogens (tertiary/aromatic N) is 5. The molecular weight excluding hydrogens is 564 g/mol. The van der Waals surface area contributed by atoms with E-state index in [0.29, 0.717) is 22.7 Å². The van der Waals surface area contributed by atoms with Crippen molar-refractivity contribution in [1.82, 2.24) is 20.0 Å². The molecule has 0 fully saturated rings. The van der Waals surface area contributed by atoms with Gasteiger partial charge in [-0.05, 0) is 54.1 Å². The van der Waals surface area contributed by atoms with Gasteiger partial charge in [-0.15, -0.1) is 5.10 Å². The molecule has 1 aliphatic heterocycles. The van der Waals surface area contributed by atoms with Gasteiger partial charge >= 0.3 is 0 Å². The summed E-state index contributed by atoms with van der Waals surface area (Å²) < 4.78 is 7.27. The molecule has 13 heteroatoms. The second-order valence-corrected chi connectivity index (χ2v) is 9.86. The van der Waals surface area contributed by atoms with E-state index in [1.165, 1.54) is 28.9 Å². The summed E-state index contributed by atoms with van der Waals surface area (Å²) in [4.78, 5) is 36.1. The molecule has 1 atom stereocenters. The Labute approximate surface area is 251 Å². The summed E-state index contributed by atoms with van der Waals surface area (Å²) in [6.07, 6.45) is 1.12. The highest BCUT2D eigenvalue weighted by molar-refractivity contribution is 6.02. The number of carbonyl (C=O) groups is 2. The summed E-state index contributed by atoms with van der Waals surface area (Å²) in [7, 11) is 0. The molecule has 1 aromatic heterocycles. The van der Waals surface area contributed by atoms with Crippen molar-refractivity contribution in [2.24, 2.45) is 0 Å². The van der Waals surface area contributed by atoms with Gasteiger partial charge in [-0.25, -0.2) is 9.69 Å². The van der Waals surface area contributed by atoms with Crippen LogP contribution in [0.1, 0.15) is 27.8 Å². The van der Waals surface area contributed by atoms with Crippen LogP contribution in [0.3, 0.4) is 0 Å². The molecule has 0 saturated carbocycles. The van der Waals surface area contributed by atoms with Crippen LogP contribution in [-0.4, -0.2) is 36.7 Å². The topological polar surface area (TPSA) is 157 Å². The van der Waals surface area contributed by atoms with Gasteiger partial charge in [0.05, 0.1) is 22.4 Å². The summed E-state index contributed by atoms with van der Waals surface area (Å²) in [6.45, 7) is 0.0288. The monoisotopic (exact) mass is 590 g/mol. The number of nitro groups is 1. The van der Waals surface area contributed by atoms with Crippen LogP contribution >= 0.6 is 0 Å². The van der Waals surface area contributed by atoms with Crippen molar-refractivity contribution in [2.45, 2.75) is 19.3 Å². The second kappa shape index (κ2) is 12.3. The Hall–Kier alpha value is -6.24. The molecule has 5 aromatic rings. The lowest BCUT2D eigenvalue weighted by molar-refractivity contribution is -0.384. The molecule has 0 bridgehead atoms. The number of hydrogen-bond acceptors (Lipinski definition) is 9. The van der Waals surface area contributed by atoms with Crippen LogP contribution in [0.5, 0.6) is 5.75 Å². The van der Waals surface area contributed by atoms with Crippen LogP contribution in [0.2, 0.25) is 0 Å². The minimum absolute atomic E-state index is 0.0628. The van der Waals surface area contributed by atoms with Gasteiger partial charge in [0.2, 0.25) is 5.91 Å².